The van der Waals surface area contributed by atoms with E-state index in [1.54, 1.807) is 0 Å². The van der Waals surface area contributed by atoms with Crippen molar-refractivity contribution in [2.24, 2.45) is 0 Å². The quantitative estimate of drug-likeness (QED) is 0.774. The molecule has 0 spiro atoms. The molecule has 0 atom stereocenters. The molecular weight excluding hydrogens is 259 g/mol. The molecule has 0 fully saturated rings. The van der Waals surface area contributed by atoms with Crippen molar-refractivity contribution in [2.75, 3.05) is 13.2 Å². The Kier molecular flexibility index (Phi) is 4.41. The predicted molar refractivity (Wildman–Crippen MR) is 79.2 cm³/mol. The lowest BCUT2D eigenvalue weighted by Gasteiger charge is -2.19. The maximum atomic E-state index is 12.8. The normalized spacial score (nSPS) is 11.9. The highest BCUT2D eigenvalue weighted by molar-refractivity contribution is 7.62. The lowest BCUT2D eigenvalue weighted by Crippen LogP contribution is -2.14. The Bertz CT molecular complexity index is 612. The van der Waals surface area contributed by atoms with Crippen LogP contribution in [0.5, 0.6) is 0 Å². The number of aryl methyl sites for hydroxylation is 1. The minimum atomic E-state index is -3.21. The lowest BCUT2D eigenvalue weighted by molar-refractivity contribution is 0.230. The molecule has 0 aliphatic carbocycles. The molecule has 0 radical (unpaired) electrons. The average molecular weight is 278 g/mol. The van der Waals surface area contributed by atoms with Crippen molar-refractivity contribution in [2.45, 2.75) is 20.8 Å². The molecule has 0 saturated carbocycles. The summed E-state index contributed by atoms with van der Waals surface area (Å²) < 4.78 is 23.7. The summed E-state index contributed by atoms with van der Waals surface area (Å²) in [5.41, 5.74) is 0.961. The Morgan fingerprint density at radius 3 is 2.26 bits per heavy atom. The topological polar surface area (TPSA) is 35.5 Å². The second-order valence-corrected chi connectivity index (χ2v) is 6.26. The summed E-state index contributed by atoms with van der Waals surface area (Å²) >= 11 is 0. The van der Waals surface area contributed by atoms with Gasteiger partial charge in [0.2, 0.25) is 0 Å². The first kappa shape index (κ1) is 14.3. The van der Waals surface area contributed by atoms with Gasteiger partial charge < -0.3 is 9.05 Å². The molecule has 0 saturated heterocycles. The molecule has 0 amide bonds. The average Bonchev–Trinajstić information content (AvgIpc) is 2.40. The summed E-state index contributed by atoms with van der Waals surface area (Å²) in [6, 6.07) is 11.8. The van der Waals surface area contributed by atoms with E-state index in [1.807, 2.05) is 57.2 Å². The molecule has 2 aromatic carbocycles. The lowest BCUT2D eigenvalue weighted by atomic mass is 10.1. The summed E-state index contributed by atoms with van der Waals surface area (Å²) in [7, 11) is -3.21. The summed E-state index contributed by atoms with van der Waals surface area (Å²) in [6.07, 6.45) is 0. The number of fused-ring (bicyclic) bond motifs is 1. The highest BCUT2D eigenvalue weighted by Crippen LogP contribution is 2.48. The van der Waals surface area contributed by atoms with Gasteiger partial charge in [-0.15, -0.1) is 0 Å². The molecule has 0 heterocycles. The molecule has 2 aromatic rings. The molecule has 4 heteroatoms. The molecule has 19 heavy (non-hydrogen) atoms. The molecular formula is C15H19O3P. The summed E-state index contributed by atoms with van der Waals surface area (Å²) in [4.78, 5) is 0. The molecule has 0 aromatic heterocycles. The van der Waals surface area contributed by atoms with Crippen molar-refractivity contribution in [1.82, 2.24) is 0 Å². The molecule has 3 nitrogen and oxygen atoms in total. The smallest absolute Gasteiger partial charge is 0.305 e. The van der Waals surface area contributed by atoms with E-state index in [4.69, 9.17) is 9.05 Å². The zero-order valence-electron chi connectivity index (χ0n) is 11.6. The second-order valence-electron chi connectivity index (χ2n) is 4.26. The van der Waals surface area contributed by atoms with E-state index in [0.29, 0.717) is 18.5 Å². The van der Waals surface area contributed by atoms with E-state index in [2.05, 4.69) is 0 Å². The van der Waals surface area contributed by atoms with Crippen molar-refractivity contribution >= 4 is 23.7 Å². The van der Waals surface area contributed by atoms with Gasteiger partial charge in [-0.2, -0.15) is 0 Å². The van der Waals surface area contributed by atoms with Crippen molar-refractivity contribution < 1.29 is 13.6 Å². The monoisotopic (exact) mass is 278 g/mol. The number of rotatable bonds is 5. The van der Waals surface area contributed by atoms with Crippen LogP contribution in [0.4, 0.5) is 0 Å². The van der Waals surface area contributed by atoms with E-state index >= 15 is 0 Å². The van der Waals surface area contributed by atoms with Crippen LogP contribution in [0.3, 0.4) is 0 Å². The standard InChI is InChI=1S/C15H19O3P/c1-4-17-19(16,18-5-2)15-11-10-13-8-6-7-9-14(13)12(15)3/h6-11H,4-5H2,1-3H3. The second kappa shape index (κ2) is 5.87. The third kappa shape index (κ3) is 2.74. The van der Waals surface area contributed by atoms with Crippen LogP contribution in [0.1, 0.15) is 19.4 Å². The van der Waals surface area contributed by atoms with Gasteiger partial charge in [0.05, 0.1) is 18.5 Å². The van der Waals surface area contributed by atoms with Crippen LogP contribution < -0.4 is 5.30 Å². The highest BCUT2D eigenvalue weighted by Gasteiger charge is 2.28. The third-order valence-corrected chi connectivity index (χ3v) is 5.33. The largest absolute Gasteiger partial charge is 0.361 e. The predicted octanol–water partition coefficient (Wildman–Crippen LogP) is 4.04. The first-order chi connectivity index (χ1) is 9.12. The Balaban J connectivity index is 2.60. The maximum Gasteiger partial charge on any atom is 0.361 e. The van der Waals surface area contributed by atoms with Crippen LogP contribution >= 0.6 is 7.60 Å². The summed E-state index contributed by atoms with van der Waals surface area (Å²) in [5, 5.41) is 2.87. The van der Waals surface area contributed by atoms with Gasteiger partial charge in [0.1, 0.15) is 0 Å². The van der Waals surface area contributed by atoms with Crippen molar-refractivity contribution in [3.8, 4) is 0 Å². The minimum Gasteiger partial charge on any atom is -0.305 e. The van der Waals surface area contributed by atoms with Crippen molar-refractivity contribution in [1.29, 1.82) is 0 Å². The van der Waals surface area contributed by atoms with Crippen LogP contribution in [-0.4, -0.2) is 13.2 Å². The first-order valence-electron chi connectivity index (χ1n) is 6.50. The molecule has 0 aliphatic rings. The van der Waals surface area contributed by atoms with Gasteiger partial charge in [-0.3, -0.25) is 4.57 Å². The van der Waals surface area contributed by atoms with Gasteiger partial charge in [0.15, 0.2) is 0 Å². The van der Waals surface area contributed by atoms with Crippen LogP contribution in [-0.2, 0) is 13.6 Å². The van der Waals surface area contributed by atoms with Gasteiger partial charge in [-0.25, -0.2) is 0 Å². The molecule has 102 valence electrons. The highest BCUT2D eigenvalue weighted by atomic mass is 31.2. The van der Waals surface area contributed by atoms with Crippen LogP contribution in [0.15, 0.2) is 36.4 Å². The number of hydrogen-bond acceptors (Lipinski definition) is 3. The fraction of sp³-hybridized carbons (Fsp3) is 0.333. The molecule has 0 bridgehead atoms. The van der Waals surface area contributed by atoms with Gasteiger partial charge in [0, 0.05) is 0 Å². The zero-order chi connectivity index (χ0) is 13.9. The summed E-state index contributed by atoms with van der Waals surface area (Å²) in [6.45, 7) is 6.33. The number of benzene rings is 2. The van der Waals surface area contributed by atoms with Gasteiger partial charge in [-0.05, 0) is 43.2 Å². The van der Waals surface area contributed by atoms with E-state index in [0.717, 1.165) is 16.3 Å². The fourth-order valence-electron chi connectivity index (χ4n) is 2.23. The minimum absolute atomic E-state index is 0.365. The number of hydrogen-bond donors (Lipinski definition) is 0. The Labute approximate surface area is 114 Å². The van der Waals surface area contributed by atoms with E-state index in [1.165, 1.54) is 0 Å². The third-order valence-electron chi connectivity index (χ3n) is 3.06. The zero-order valence-corrected chi connectivity index (χ0v) is 12.4. The van der Waals surface area contributed by atoms with E-state index in [-0.39, 0.29) is 0 Å². The van der Waals surface area contributed by atoms with Crippen LogP contribution in [0.25, 0.3) is 10.8 Å². The van der Waals surface area contributed by atoms with Crippen molar-refractivity contribution in [3.05, 3.63) is 42.0 Å². The Morgan fingerprint density at radius 1 is 1.00 bits per heavy atom. The Morgan fingerprint density at radius 2 is 1.63 bits per heavy atom. The fourth-order valence-corrected chi connectivity index (χ4v) is 4.05. The first-order valence-corrected chi connectivity index (χ1v) is 8.04. The molecule has 0 N–H and O–H groups in total. The Hall–Kier alpha value is -1.15. The summed E-state index contributed by atoms with van der Waals surface area (Å²) in [5.74, 6) is 0. The van der Waals surface area contributed by atoms with Crippen molar-refractivity contribution in [3.63, 3.8) is 0 Å². The molecule has 0 unspecified atom stereocenters. The molecule has 2 rings (SSSR count). The van der Waals surface area contributed by atoms with E-state index < -0.39 is 7.60 Å². The van der Waals surface area contributed by atoms with Gasteiger partial charge in [0.25, 0.3) is 0 Å². The van der Waals surface area contributed by atoms with Gasteiger partial charge in [-0.1, -0.05) is 30.3 Å². The van der Waals surface area contributed by atoms with Crippen LogP contribution in [0, 0.1) is 6.92 Å². The van der Waals surface area contributed by atoms with Gasteiger partial charge >= 0.3 is 7.60 Å². The van der Waals surface area contributed by atoms with E-state index in [9.17, 15) is 4.57 Å². The van der Waals surface area contributed by atoms with Crippen LogP contribution in [0.2, 0.25) is 0 Å². The molecule has 0 aliphatic heterocycles. The SMILES string of the molecule is CCOP(=O)(OCC)c1ccc2ccccc2c1C. The maximum absolute atomic E-state index is 12.8.